The molecule has 6 nitrogen and oxygen atoms in total. The van der Waals surface area contributed by atoms with E-state index in [4.69, 9.17) is 9.29 Å². The van der Waals surface area contributed by atoms with Gasteiger partial charge >= 0.3 is 0 Å². The minimum atomic E-state index is -4.02. The maximum Gasteiger partial charge on any atom is 0.294 e. The van der Waals surface area contributed by atoms with Crippen molar-refractivity contribution < 1.29 is 26.5 Å². The molecule has 0 spiro atoms. The average molecular weight is 400 g/mol. The summed E-state index contributed by atoms with van der Waals surface area (Å²) in [4.78, 5) is 3.56. The Bertz CT molecular complexity index is 837. The molecule has 2 aromatic rings. The van der Waals surface area contributed by atoms with Gasteiger partial charge in [-0.1, -0.05) is 17.7 Å². The Balaban J connectivity index is 0.000000208. The Hall–Kier alpha value is -2.10. The molecule has 0 saturated carbocycles. The Morgan fingerprint density at radius 1 is 1.26 bits per heavy atom. The van der Waals surface area contributed by atoms with Crippen molar-refractivity contribution in [3.63, 3.8) is 0 Å². The van der Waals surface area contributed by atoms with E-state index in [0.717, 1.165) is 18.5 Å². The van der Waals surface area contributed by atoms with Crippen LogP contribution in [0.4, 0.5) is 8.78 Å². The predicted molar refractivity (Wildman–Crippen MR) is 96.7 cm³/mol. The molecule has 0 amide bonds. The van der Waals surface area contributed by atoms with Crippen molar-refractivity contribution in [3.05, 3.63) is 53.9 Å². The molecule has 0 aliphatic carbocycles. The summed E-state index contributed by atoms with van der Waals surface area (Å²) in [6, 6.07) is 8.80. The topological polar surface area (TPSA) is 88.5 Å². The first-order chi connectivity index (χ1) is 12.6. The number of hydrogen-bond acceptors (Lipinski definition) is 5. The molecule has 1 aromatic carbocycles. The van der Waals surface area contributed by atoms with Crippen LogP contribution in [0.3, 0.4) is 0 Å². The van der Waals surface area contributed by atoms with Crippen LogP contribution in [0.15, 0.2) is 47.5 Å². The van der Waals surface area contributed by atoms with Crippen LogP contribution in [0.5, 0.6) is 5.75 Å². The number of rotatable bonds is 5. The fourth-order valence-corrected chi connectivity index (χ4v) is 2.71. The van der Waals surface area contributed by atoms with Gasteiger partial charge in [-0.3, -0.25) is 9.54 Å². The number of aryl methyl sites for hydroxylation is 1. The first-order valence-corrected chi connectivity index (χ1v) is 9.69. The van der Waals surface area contributed by atoms with Crippen LogP contribution in [-0.2, 0) is 10.1 Å². The third kappa shape index (κ3) is 6.53. The lowest BCUT2D eigenvalue weighted by Gasteiger charge is -2.39. The van der Waals surface area contributed by atoms with Crippen LogP contribution in [-0.4, -0.2) is 36.6 Å². The van der Waals surface area contributed by atoms with Gasteiger partial charge in [0.2, 0.25) is 0 Å². The SMILES string of the molecule is C[C@]1(COc2ccc(C(F)F)nc2)CCN1.Cc1ccc(S(=O)(=O)O)cc1. The summed E-state index contributed by atoms with van der Waals surface area (Å²) >= 11 is 0. The molecule has 2 heterocycles. The van der Waals surface area contributed by atoms with Gasteiger partial charge in [0, 0.05) is 0 Å². The molecule has 2 N–H and O–H groups in total. The second kappa shape index (κ2) is 8.73. The van der Waals surface area contributed by atoms with Gasteiger partial charge in [0.1, 0.15) is 18.1 Å². The summed E-state index contributed by atoms with van der Waals surface area (Å²) < 4.78 is 59.5. The fourth-order valence-electron chi connectivity index (χ4n) is 2.23. The lowest BCUT2D eigenvalue weighted by molar-refractivity contribution is 0.131. The van der Waals surface area contributed by atoms with E-state index < -0.39 is 16.5 Å². The van der Waals surface area contributed by atoms with Gasteiger partial charge in [0.25, 0.3) is 16.5 Å². The van der Waals surface area contributed by atoms with Gasteiger partial charge in [-0.25, -0.2) is 8.78 Å². The van der Waals surface area contributed by atoms with E-state index in [0.29, 0.717) is 12.4 Å². The second-order valence-electron chi connectivity index (χ2n) is 6.53. The summed E-state index contributed by atoms with van der Waals surface area (Å²) in [7, 11) is -4.02. The van der Waals surface area contributed by atoms with Crippen LogP contribution in [0, 0.1) is 6.92 Å². The van der Waals surface area contributed by atoms with Crippen molar-refractivity contribution >= 4 is 10.1 Å². The molecule has 0 bridgehead atoms. The molecular weight excluding hydrogens is 378 g/mol. The van der Waals surface area contributed by atoms with Crippen molar-refractivity contribution in [2.24, 2.45) is 0 Å². The molecular formula is C18H22F2N2O4S. The number of hydrogen-bond donors (Lipinski definition) is 2. The molecule has 3 rings (SSSR count). The molecule has 1 atom stereocenters. The number of halogens is 2. The average Bonchev–Trinajstić information content (AvgIpc) is 2.59. The molecule has 148 valence electrons. The molecule has 27 heavy (non-hydrogen) atoms. The largest absolute Gasteiger partial charge is 0.490 e. The number of nitrogens with one attached hydrogen (secondary N) is 1. The van der Waals surface area contributed by atoms with E-state index in [1.165, 1.54) is 30.5 Å². The number of ether oxygens (including phenoxy) is 1. The summed E-state index contributed by atoms with van der Waals surface area (Å²) in [5.74, 6) is 0.527. The molecule has 0 radical (unpaired) electrons. The molecule has 1 aromatic heterocycles. The van der Waals surface area contributed by atoms with E-state index >= 15 is 0 Å². The van der Waals surface area contributed by atoms with Gasteiger partial charge in [-0.15, -0.1) is 0 Å². The van der Waals surface area contributed by atoms with Gasteiger partial charge in [0.15, 0.2) is 0 Å². The summed E-state index contributed by atoms with van der Waals surface area (Å²) in [6.45, 7) is 5.44. The van der Waals surface area contributed by atoms with Gasteiger partial charge < -0.3 is 10.1 Å². The zero-order valence-electron chi connectivity index (χ0n) is 15.0. The zero-order valence-corrected chi connectivity index (χ0v) is 15.8. The maximum absolute atomic E-state index is 12.2. The van der Waals surface area contributed by atoms with E-state index in [9.17, 15) is 17.2 Å². The van der Waals surface area contributed by atoms with Crippen LogP contribution in [0.1, 0.15) is 31.0 Å². The molecule has 0 unspecified atom stereocenters. The first kappa shape index (κ1) is 21.2. The van der Waals surface area contributed by atoms with Gasteiger partial charge in [-0.05, 0) is 51.1 Å². The van der Waals surface area contributed by atoms with Crippen molar-refractivity contribution in [1.29, 1.82) is 0 Å². The number of alkyl halides is 2. The summed E-state index contributed by atoms with van der Waals surface area (Å²) in [5, 5.41) is 3.26. The minimum Gasteiger partial charge on any atom is -0.490 e. The lowest BCUT2D eigenvalue weighted by Crippen LogP contribution is -2.58. The van der Waals surface area contributed by atoms with Crippen molar-refractivity contribution in [2.45, 2.75) is 37.1 Å². The Kier molecular flexibility index (Phi) is 6.85. The van der Waals surface area contributed by atoms with E-state index in [1.807, 2.05) is 6.92 Å². The number of benzene rings is 1. The van der Waals surface area contributed by atoms with Crippen LogP contribution in [0.25, 0.3) is 0 Å². The highest BCUT2D eigenvalue weighted by atomic mass is 32.2. The van der Waals surface area contributed by atoms with Crippen molar-refractivity contribution in [1.82, 2.24) is 10.3 Å². The minimum absolute atomic E-state index is 0.0153. The molecule has 1 fully saturated rings. The fraction of sp³-hybridized carbons (Fsp3) is 0.389. The monoisotopic (exact) mass is 400 g/mol. The first-order valence-electron chi connectivity index (χ1n) is 8.25. The highest BCUT2D eigenvalue weighted by molar-refractivity contribution is 7.85. The van der Waals surface area contributed by atoms with E-state index in [1.54, 1.807) is 12.1 Å². The second-order valence-corrected chi connectivity index (χ2v) is 7.96. The van der Waals surface area contributed by atoms with Crippen LogP contribution in [0.2, 0.25) is 0 Å². The Morgan fingerprint density at radius 2 is 1.89 bits per heavy atom. The Labute approximate surface area is 157 Å². The highest BCUT2D eigenvalue weighted by Gasteiger charge is 2.31. The van der Waals surface area contributed by atoms with Crippen LogP contribution >= 0.6 is 0 Å². The van der Waals surface area contributed by atoms with Crippen LogP contribution < -0.4 is 10.1 Å². The molecule has 9 heteroatoms. The maximum atomic E-state index is 12.2. The third-order valence-corrected chi connectivity index (χ3v) is 4.96. The number of pyridine rings is 1. The smallest absolute Gasteiger partial charge is 0.294 e. The standard InChI is InChI=1S/C11H14F2N2O.C7H8O3S/c1-11(4-5-15-11)7-16-8-2-3-9(10(12)13)14-6-8;1-6-2-4-7(5-3-6)11(8,9)10/h2-3,6,10,15H,4-5,7H2,1H3;2-5H,1H3,(H,8,9,10)/t11-;/m1./s1. The van der Waals surface area contributed by atoms with Gasteiger partial charge in [-0.2, -0.15) is 8.42 Å². The van der Waals surface area contributed by atoms with E-state index in [-0.39, 0.29) is 16.1 Å². The quantitative estimate of drug-likeness (QED) is 0.748. The number of nitrogens with zero attached hydrogens (tertiary/aromatic N) is 1. The Morgan fingerprint density at radius 3 is 2.30 bits per heavy atom. The predicted octanol–water partition coefficient (Wildman–Crippen LogP) is 3.39. The van der Waals surface area contributed by atoms with Crippen molar-refractivity contribution in [2.75, 3.05) is 13.2 Å². The highest BCUT2D eigenvalue weighted by Crippen LogP contribution is 2.22. The summed E-state index contributed by atoms with van der Waals surface area (Å²) in [6.07, 6.45) is -0.126. The summed E-state index contributed by atoms with van der Waals surface area (Å²) in [5.41, 5.74) is 0.749. The molecule has 1 aliphatic heterocycles. The zero-order chi connectivity index (χ0) is 20.1. The molecule has 1 aliphatic rings. The van der Waals surface area contributed by atoms with Crippen molar-refractivity contribution in [3.8, 4) is 5.75 Å². The molecule has 1 saturated heterocycles. The third-order valence-electron chi connectivity index (χ3n) is 4.09. The van der Waals surface area contributed by atoms with Gasteiger partial charge in [0.05, 0.1) is 16.6 Å². The normalized spacial score (nSPS) is 19.0. The van der Waals surface area contributed by atoms with E-state index in [2.05, 4.69) is 17.2 Å². The lowest BCUT2D eigenvalue weighted by atomic mass is 9.91. The number of aromatic nitrogens is 1.